The second-order valence-electron chi connectivity index (χ2n) is 5.51. The van der Waals surface area contributed by atoms with E-state index in [9.17, 15) is 4.79 Å². The van der Waals surface area contributed by atoms with Gasteiger partial charge in [0.05, 0.1) is 0 Å². The highest BCUT2D eigenvalue weighted by molar-refractivity contribution is 5.76. The number of carbonyl (C=O) groups is 1. The third kappa shape index (κ3) is 2.51. The number of amides is 1. The molecule has 0 aliphatic heterocycles. The van der Waals surface area contributed by atoms with Crippen LogP contribution in [-0.2, 0) is 4.79 Å². The second kappa shape index (κ2) is 4.12. The van der Waals surface area contributed by atoms with E-state index in [1.54, 1.807) is 0 Å². The van der Waals surface area contributed by atoms with E-state index in [0.29, 0.717) is 13.0 Å². The van der Waals surface area contributed by atoms with Crippen molar-refractivity contribution in [1.82, 2.24) is 5.32 Å². The van der Waals surface area contributed by atoms with Crippen LogP contribution in [0.2, 0.25) is 0 Å². The van der Waals surface area contributed by atoms with E-state index in [1.165, 1.54) is 12.8 Å². The van der Waals surface area contributed by atoms with Crippen molar-refractivity contribution in [2.24, 2.45) is 23.0 Å². The number of nitrogens with two attached hydrogens (primary N) is 1. The third-order valence-corrected chi connectivity index (χ3v) is 4.22. The van der Waals surface area contributed by atoms with E-state index >= 15 is 0 Å². The first kappa shape index (κ1) is 10.9. The fraction of sp³-hybridized carbons (Fsp3) is 0.917. The van der Waals surface area contributed by atoms with Gasteiger partial charge in [0, 0.05) is 13.0 Å². The summed E-state index contributed by atoms with van der Waals surface area (Å²) in [5.74, 6) is 1.76. The third-order valence-electron chi connectivity index (χ3n) is 4.22. The maximum Gasteiger partial charge on any atom is 0.220 e. The highest BCUT2D eigenvalue weighted by Crippen LogP contribution is 2.43. The van der Waals surface area contributed by atoms with Crippen molar-refractivity contribution in [3.8, 4) is 0 Å². The minimum absolute atomic E-state index is 0.152. The molecule has 0 radical (unpaired) electrons. The lowest BCUT2D eigenvalue weighted by Gasteiger charge is -2.40. The zero-order valence-electron chi connectivity index (χ0n) is 9.59. The predicted molar refractivity (Wildman–Crippen MR) is 60.2 cm³/mol. The molecule has 3 N–H and O–H groups in total. The summed E-state index contributed by atoms with van der Waals surface area (Å²) in [6, 6.07) is 0. The number of nitrogens with one attached hydrogen (secondary N) is 1. The van der Waals surface area contributed by atoms with Crippen LogP contribution in [0.25, 0.3) is 0 Å². The molecule has 0 bridgehead atoms. The molecular formula is C12H22N2O. The Bertz CT molecular complexity index is 242. The van der Waals surface area contributed by atoms with Crippen LogP contribution >= 0.6 is 0 Å². The Labute approximate surface area is 91.8 Å². The van der Waals surface area contributed by atoms with Crippen LogP contribution in [0.5, 0.6) is 0 Å². The molecule has 2 fully saturated rings. The fourth-order valence-corrected chi connectivity index (χ4v) is 2.46. The molecular weight excluding hydrogens is 188 g/mol. The Morgan fingerprint density at radius 2 is 2.20 bits per heavy atom. The second-order valence-corrected chi connectivity index (χ2v) is 5.51. The molecule has 15 heavy (non-hydrogen) atoms. The number of hydrogen-bond donors (Lipinski definition) is 2. The van der Waals surface area contributed by atoms with Crippen molar-refractivity contribution in [2.75, 3.05) is 13.1 Å². The Morgan fingerprint density at radius 1 is 1.53 bits per heavy atom. The van der Waals surface area contributed by atoms with Gasteiger partial charge in [0.25, 0.3) is 0 Å². The summed E-state index contributed by atoms with van der Waals surface area (Å²) in [7, 11) is 0. The van der Waals surface area contributed by atoms with Gasteiger partial charge in [-0.2, -0.15) is 0 Å². The Morgan fingerprint density at radius 3 is 2.60 bits per heavy atom. The van der Waals surface area contributed by atoms with E-state index in [2.05, 4.69) is 12.2 Å². The zero-order valence-corrected chi connectivity index (χ0v) is 9.59. The van der Waals surface area contributed by atoms with E-state index < -0.39 is 0 Å². The first-order chi connectivity index (χ1) is 7.15. The van der Waals surface area contributed by atoms with E-state index in [1.807, 2.05) is 0 Å². The average molecular weight is 210 g/mol. The summed E-state index contributed by atoms with van der Waals surface area (Å²) in [6.45, 7) is 3.78. The molecule has 0 aromatic rings. The minimum atomic E-state index is 0.152. The number of rotatable bonds is 5. The van der Waals surface area contributed by atoms with Gasteiger partial charge in [-0.3, -0.25) is 4.79 Å². The van der Waals surface area contributed by atoms with Crippen LogP contribution in [0.4, 0.5) is 0 Å². The highest BCUT2D eigenvalue weighted by Gasteiger charge is 2.38. The highest BCUT2D eigenvalue weighted by atomic mass is 16.1. The Hall–Kier alpha value is -0.570. The monoisotopic (exact) mass is 210 g/mol. The lowest BCUT2D eigenvalue weighted by molar-refractivity contribution is -0.124. The van der Waals surface area contributed by atoms with Crippen molar-refractivity contribution in [1.29, 1.82) is 0 Å². The minimum Gasteiger partial charge on any atom is -0.356 e. The molecule has 0 saturated heterocycles. The Kier molecular flexibility index (Phi) is 3.01. The molecule has 3 heteroatoms. The molecule has 0 spiro atoms. The average Bonchev–Trinajstić information content (AvgIpc) is 2.85. The molecule has 1 amide bonds. The van der Waals surface area contributed by atoms with E-state index in [0.717, 1.165) is 31.2 Å². The summed E-state index contributed by atoms with van der Waals surface area (Å²) in [5.41, 5.74) is 5.88. The summed E-state index contributed by atoms with van der Waals surface area (Å²) >= 11 is 0. The van der Waals surface area contributed by atoms with E-state index in [4.69, 9.17) is 5.73 Å². The first-order valence-electron chi connectivity index (χ1n) is 6.12. The summed E-state index contributed by atoms with van der Waals surface area (Å²) < 4.78 is 0. The predicted octanol–water partition coefficient (Wildman–Crippen LogP) is 1.28. The van der Waals surface area contributed by atoms with Crippen molar-refractivity contribution in [2.45, 2.75) is 39.0 Å². The van der Waals surface area contributed by atoms with E-state index in [-0.39, 0.29) is 11.3 Å². The van der Waals surface area contributed by atoms with Crippen LogP contribution < -0.4 is 11.1 Å². The molecule has 0 heterocycles. The molecule has 0 aromatic heterocycles. The van der Waals surface area contributed by atoms with Gasteiger partial charge in [-0.05, 0) is 43.1 Å². The molecule has 2 unspecified atom stereocenters. The van der Waals surface area contributed by atoms with Crippen LogP contribution in [0.1, 0.15) is 39.0 Å². The normalized spacial score (nSPS) is 31.9. The summed E-state index contributed by atoms with van der Waals surface area (Å²) in [5, 5.41) is 3.04. The summed E-state index contributed by atoms with van der Waals surface area (Å²) in [6.07, 6.45) is 5.44. The molecule has 2 rings (SSSR count). The maximum absolute atomic E-state index is 11.7. The quantitative estimate of drug-likeness (QED) is 0.718. The van der Waals surface area contributed by atoms with Gasteiger partial charge in [0.15, 0.2) is 0 Å². The fourth-order valence-electron chi connectivity index (χ4n) is 2.46. The van der Waals surface area contributed by atoms with Gasteiger partial charge < -0.3 is 11.1 Å². The SMILES string of the molecule is CC1CC1CNC(=O)CC1(CN)CCC1. The van der Waals surface area contributed by atoms with Gasteiger partial charge in [0.1, 0.15) is 0 Å². The van der Waals surface area contributed by atoms with Gasteiger partial charge in [-0.25, -0.2) is 0 Å². The molecule has 0 aromatic carbocycles. The molecule has 86 valence electrons. The maximum atomic E-state index is 11.7. The van der Waals surface area contributed by atoms with Gasteiger partial charge in [-0.15, -0.1) is 0 Å². The summed E-state index contributed by atoms with van der Waals surface area (Å²) in [4.78, 5) is 11.7. The van der Waals surface area contributed by atoms with Crippen LogP contribution in [0, 0.1) is 17.3 Å². The van der Waals surface area contributed by atoms with Crippen LogP contribution in [0.15, 0.2) is 0 Å². The molecule has 2 aliphatic carbocycles. The van der Waals surface area contributed by atoms with Gasteiger partial charge >= 0.3 is 0 Å². The van der Waals surface area contributed by atoms with Gasteiger partial charge in [0.2, 0.25) is 5.91 Å². The number of carbonyl (C=O) groups excluding carboxylic acids is 1. The van der Waals surface area contributed by atoms with Crippen LogP contribution in [-0.4, -0.2) is 19.0 Å². The lowest BCUT2D eigenvalue weighted by atomic mass is 9.66. The molecule has 2 aliphatic rings. The smallest absolute Gasteiger partial charge is 0.220 e. The van der Waals surface area contributed by atoms with Crippen molar-refractivity contribution >= 4 is 5.91 Å². The van der Waals surface area contributed by atoms with Gasteiger partial charge in [-0.1, -0.05) is 13.3 Å². The molecule has 3 nitrogen and oxygen atoms in total. The molecule has 2 atom stereocenters. The van der Waals surface area contributed by atoms with Crippen molar-refractivity contribution in [3.05, 3.63) is 0 Å². The lowest BCUT2D eigenvalue weighted by Crippen LogP contribution is -2.42. The Balaban J connectivity index is 1.67. The van der Waals surface area contributed by atoms with Crippen molar-refractivity contribution in [3.63, 3.8) is 0 Å². The number of hydrogen-bond acceptors (Lipinski definition) is 2. The molecule has 2 saturated carbocycles. The van der Waals surface area contributed by atoms with Crippen LogP contribution in [0.3, 0.4) is 0 Å². The standard InChI is InChI=1S/C12H22N2O/c1-9-5-10(9)7-14-11(15)6-12(8-13)3-2-4-12/h9-10H,2-8,13H2,1H3,(H,14,15). The largest absolute Gasteiger partial charge is 0.356 e. The van der Waals surface area contributed by atoms with Crippen molar-refractivity contribution < 1.29 is 4.79 Å². The first-order valence-corrected chi connectivity index (χ1v) is 6.12. The topological polar surface area (TPSA) is 55.1 Å². The zero-order chi connectivity index (χ0) is 10.9.